The summed E-state index contributed by atoms with van der Waals surface area (Å²) in [5.74, 6) is 0.377. The zero-order valence-electron chi connectivity index (χ0n) is 14.5. The summed E-state index contributed by atoms with van der Waals surface area (Å²) < 4.78 is 27.9. The van der Waals surface area contributed by atoms with E-state index in [1.807, 2.05) is 0 Å². The standard InChI is InChI=1S/C16H20BrN3O3S3/c1-11(2)9-14-18-12(10-24-14)16(21)19-5-7-20(8-6-19)26(22,23)15-4-3-13(17)25-15/h3-4,10-11H,5-9H2,1-2H3. The van der Waals surface area contributed by atoms with E-state index in [0.717, 1.165) is 15.2 Å². The first-order chi connectivity index (χ1) is 12.3. The SMILES string of the molecule is CC(C)Cc1nc(C(=O)N2CCN(S(=O)(=O)c3ccc(Br)s3)CC2)cs1. The Morgan fingerprint density at radius 1 is 1.27 bits per heavy atom. The Labute approximate surface area is 170 Å². The Bertz CT molecular complexity index is 883. The van der Waals surface area contributed by atoms with E-state index in [2.05, 4.69) is 34.8 Å². The predicted octanol–water partition coefficient (Wildman–Crippen LogP) is 3.31. The van der Waals surface area contributed by atoms with E-state index in [9.17, 15) is 13.2 Å². The van der Waals surface area contributed by atoms with Crippen LogP contribution >= 0.6 is 38.6 Å². The van der Waals surface area contributed by atoms with Gasteiger partial charge in [-0.05, 0) is 34.0 Å². The van der Waals surface area contributed by atoms with Crippen LogP contribution in [0.15, 0.2) is 25.5 Å². The van der Waals surface area contributed by atoms with Gasteiger partial charge in [0.05, 0.1) is 8.79 Å². The molecule has 0 bridgehead atoms. The normalized spacial score (nSPS) is 16.4. The Morgan fingerprint density at radius 3 is 2.54 bits per heavy atom. The number of carbonyl (C=O) groups is 1. The second-order valence-corrected chi connectivity index (χ2v) is 12.0. The lowest BCUT2D eigenvalue weighted by Crippen LogP contribution is -2.50. The topological polar surface area (TPSA) is 70.6 Å². The molecule has 10 heteroatoms. The number of hydrogen-bond donors (Lipinski definition) is 0. The number of aromatic nitrogens is 1. The molecule has 0 radical (unpaired) electrons. The van der Waals surface area contributed by atoms with E-state index in [-0.39, 0.29) is 5.91 Å². The quantitative estimate of drug-likeness (QED) is 0.661. The number of hydrogen-bond acceptors (Lipinski definition) is 6. The Morgan fingerprint density at radius 2 is 1.96 bits per heavy atom. The first-order valence-electron chi connectivity index (χ1n) is 8.26. The van der Waals surface area contributed by atoms with Crippen LogP contribution in [0.3, 0.4) is 0 Å². The van der Waals surface area contributed by atoms with Gasteiger partial charge in [-0.15, -0.1) is 22.7 Å². The minimum Gasteiger partial charge on any atom is -0.335 e. The van der Waals surface area contributed by atoms with Gasteiger partial charge in [0.1, 0.15) is 9.90 Å². The maximum absolute atomic E-state index is 12.7. The van der Waals surface area contributed by atoms with Gasteiger partial charge >= 0.3 is 0 Å². The fourth-order valence-corrected chi connectivity index (χ4v) is 7.28. The number of thiophene rings is 1. The molecule has 1 amide bonds. The Balaban J connectivity index is 1.63. The number of nitrogens with zero attached hydrogens (tertiary/aromatic N) is 3. The Hall–Kier alpha value is -0.810. The van der Waals surface area contributed by atoms with Crippen molar-refractivity contribution in [3.05, 3.63) is 32.0 Å². The lowest BCUT2D eigenvalue weighted by molar-refractivity contribution is 0.0692. The summed E-state index contributed by atoms with van der Waals surface area (Å²) in [6.07, 6.45) is 0.861. The van der Waals surface area contributed by atoms with E-state index in [1.54, 1.807) is 22.4 Å². The van der Waals surface area contributed by atoms with Crippen molar-refractivity contribution in [3.63, 3.8) is 0 Å². The summed E-state index contributed by atoms with van der Waals surface area (Å²) >= 11 is 6.00. The van der Waals surface area contributed by atoms with Gasteiger partial charge in [-0.25, -0.2) is 13.4 Å². The van der Waals surface area contributed by atoms with Crippen molar-refractivity contribution < 1.29 is 13.2 Å². The first kappa shape index (κ1) is 19.9. The molecule has 6 nitrogen and oxygen atoms in total. The van der Waals surface area contributed by atoms with Gasteiger partial charge in [-0.1, -0.05) is 13.8 Å². The molecule has 0 atom stereocenters. The average molecular weight is 478 g/mol. The lowest BCUT2D eigenvalue weighted by Gasteiger charge is -2.33. The maximum Gasteiger partial charge on any atom is 0.273 e. The third-order valence-corrected chi connectivity index (χ3v) is 8.88. The van der Waals surface area contributed by atoms with Crippen LogP contribution < -0.4 is 0 Å². The van der Waals surface area contributed by atoms with Gasteiger partial charge in [0.25, 0.3) is 15.9 Å². The van der Waals surface area contributed by atoms with Gasteiger partial charge in [0.15, 0.2) is 0 Å². The van der Waals surface area contributed by atoms with Gasteiger partial charge < -0.3 is 4.90 Å². The van der Waals surface area contributed by atoms with E-state index in [4.69, 9.17) is 0 Å². The highest BCUT2D eigenvalue weighted by Crippen LogP contribution is 2.29. The highest BCUT2D eigenvalue weighted by molar-refractivity contribution is 9.11. The van der Waals surface area contributed by atoms with Crippen molar-refractivity contribution in [2.24, 2.45) is 5.92 Å². The van der Waals surface area contributed by atoms with Crippen LogP contribution in [-0.4, -0.2) is 54.7 Å². The molecule has 0 aliphatic carbocycles. The summed E-state index contributed by atoms with van der Waals surface area (Å²) in [5, 5.41) is 2.76. The zero-order chi connectivity index (χ0) is 18.9. The van der Waals surface area contributed by atoms with Crippen LogP contribution in [0.2, 0.25) is 0 Å². The molecule has 2 aromatic rings. The number of thiazole rings is 1. The van der Waals surface area contributed by atoms with Gasteiger partial charge in [-0.2, -0.15) is 4.31 Å². The van der Waals surface area contributed by atoms with Crippen LogP contribution in [-0.2, 0) is 16.4 Å². The van der Waals surface area contributed by atoms with Crippen molar-refractivity contribution in [1.29, 1.82) is 0 Å². The molecule has 0 N–H and O–H groups in total. The van der Waals surface area contributed by atoms with E-state index in [0.29, 0.717) is 42.0 Å². The molecule has 3 heterocycles. The van der Waals surface area contributed by atoms with Crippen molar-refractivity contribution in [2.45, 2.75) is 24.5 Å². The minimum absolute atomic E-state index is 0.118. The second kappa shape index (κ2) is 8.05. The molecular formula is C16H20BrN3O3S3. The van der Waals surface area contributed by atoms with Crippen LogP contribution in [0.4, 0.5) is 0 Å². The molecule has 1 fully saturated rings. The summed E-state index contributed by atoms with van der Waals surface area (Å²) in [6.45, 7) is 5.59. The second-order valence-electron chi connectivity index (χ2n) is 6.48. The lowest BCUT2D eigenvalue weighted by atomic mass is 10.1. The summed E-state index contributed by atoms with van der Waals surface area (Å²) in [6, 6.07) is 3.33. The molecule has 2 aromatic heterocycles. The largest absolute Gasteiger partial charge is 0.335 e. The molecule has 142 valence electrons. The van der Waals surface area contributed by atoms with Crippen LogP contribution in [0.25, 0.3) is 0 Å². The molecule has 0 spiro atoms. The molecule has 1 aliphatic heterocycles. The van der Waals surface area contributed by atoms with Crippen LogP contribution in [0.5, 0.6) is 0 Å². The highest BCUT2D eigenvalue weighted by atomic mass is 79.9. The molecule has 1 saturated heterocycles. The summed E-state index contributed by atoms with van der Waals surface area (Å²) in [4.78, 5) is 18.7. The van der Waals surface area contributed by atoms with Gasteiger partial charge in [0.2, 0.25) is 0 Å². The average Bonchev–Trinajstić information content (AvgIpc) is 3.23. The van der Waals surface area contributed by atoms with Crippen LogP contribution in [0, 0.1) is 5.92 Å². The smallest absolute Gasteiger partial charge is 0.273 e. The molecule has 0 aromatic carbocycles. The van der Waals surface area contributed by atoms with Crippen molar-refractivity contribution in [1.82, 2.24) is 14.2 Å². The van der Waals surface area contributed by atoms with E-state index in [1.165, 1.54) is 27.0 Å². The first-order valence-corrected chi connectivity index (χ1v) is 12.2. The molecule has 26 heavy (non-hydrogen) atoms. The summed E-state index contributed by atoms with van der Waals surface area (Å²) in [7, 11) is -3.49. The van der Waals surface area contributed by atoms with E-state index >= 15 is 0 Å². The fraction of sp³-hybridized carbons (Fsp3) is 0.500. The predicted molar refractivity (Wildman–Crippen MR) is 107 cm³/mol. The van der Waals surface area contributed by atoms with Crippen molar-refractivity contribution in [2.75, 3.05) is 26.2 Å². The number of carbonyl (C=O) groups excluding carboxylic acids is 1. The monoisotopic (exact) mass is 477 g/mol. The fourth-order valence-electron chi connectivity index (χ4n) is 2.71. The highest BCUT2D eigenvalue weighted by Gasteiger charge is 2.31. The van der Waals surface area contributed by atoms with Gasteiger partial charge in [-0.3, -0.25) is 4.79 Å². The number of rotatable bonds is 5. The van der Waals surface area contributed by atoms with Crippen molar-refractivity contribution in [3.8, 4) is 0 Å². The molecule has 1 aliphatic rings. The molecule has 0 saturated carbocycles. The van der Waals surface area contributed by atoms with Crippen LogP contribution in [0.1, 0.15) is 29.3 Å². The third-order valence-electron chi connectivity index (χ3n) is 4.02. The maximum atomic E-state index is 12.7. The number of sulfonamides is 1. The number of halogens is 1. The number of amides is 1. The van der Waals surface area contributed by atoms with E-state index < -0.39 is 10.0 Å². The van der Waals surface area contributed by atoms with Gasteiger partial charge in [0, 0.05) is 38.0 Å². The summed E-state index contributed by atoms with van der Waals surface area (Å²) in [5.41, 5.74) is 0.462. The molecule has 0 unspecified atom stereocenters. The minimum atomic E-state index is -3.49. The zero-order valence-corrected chi connectivity index (χ0v) is 18.5. The third kappa shape index (κ3) is 4.36. The number of piperazine rings is 1. The van der Waals surface area contributed by atoms with Crippen molar-refractivity contribution >= 4 is 54.5 Å². The molecular weight excluding hydrogens is 458 g/mol. The molecule has 3 rings (SSSR count). The Kier molecular flexibility index (Phi) is 6.18.